The molecule has 0 bridgehead atoms. The van der Waals surface area contributed by atoms with E-state index in [1.54, 1.807) is 0 Å². The molecule has 3 nitrogen and oxygen atoms in total. The zero-order valence-electron chi connectivity index (χ0n) is 12.5. The molecule has 2 rings (SSSR count). The molecule has 1 aromatic carbocycles. The number of hydrogen-bond acceptors (Lipinski definition) is 3. The molecule has 0 spiro atoms. The maximum Gasteiger partial charge on any atom is 0.120 e. The normalized spacial score (nSPS) is 14.1. The van der Waals surface area contributed by atoms with Crippen LogP contribution >= 0.6 is 0 Å². The molecule has 0 radical (unpaired) electrons. The first-order valence-electron chi connectivity index (χ1n) is 7.79. The highest BCUT2D eigenvalue weighted by molar-refractivity contribution is 5.39. The van der Waals surface area contributed by atoms with Crippen molar-refractivity contribution >= 4 is 0 Å². The van der Waals surface area contributed by atoms with Gasteiger partial charge in [-0.25, -0.2) is 0 Å². The molecular weight excluding hydrogens is 264 g/mol. The van der Waals surface area contributed by atoms with E-state index in [0.29, 0.717) is 19.6 Å². The Labute approximate surface area is 127 Å². The van der Waals surface area contributed by atoms with Crippen molar-refractivity contribution in [3.63, 3.8) is 0 Å². The minimum absolute atomic E-state index is 0.0986. The van der Waals surface area contributed by atoms with Crippen molar-refractivity contribution in [2.45, 2.75) is 32.1 Å². The van der Waals surface area contributed by atoms with Crippen LogP contribution < -0.4 is 4.74 Å². The standard InChI is InChI=1S/C18H24O3/c19-11-2-1-5-17-8-4-9-18(15-17)21-14-13-20-12-10-16-6-3-7-16/h4,8-9,15-16,19H,2-3,6-7,10-14H2. The van der Waals surface area contributed by atoms with Crippen LogP contribution in [0.1, 0.15) is 37.7 Å². The molecule has 0 saturated heterocycles. The van der Waals surface area contributed by atoms with Crippen molar-refractivity contribution in [3.8, 4) is 17.6 Å². The van der Waals surface area contributed by atoms with Gasteiger partial charge in [0.1, 0.15) is 12.4 Å². The monoisotopic (exact) mass is 288 g/mol. The molecule has 0 amide bonds. The number of aliphatic hydroxyl groups is 1. The Bertz CT molecular complexity index is 469. The molecule has 0 atom stereocenters. The summed E-state index contributed by atoms with van der Waals surface area (Å²) in [5.74, 6) is 7.62. The molecule has 0 aromatic heterocycles. The van der Waals surface area contributed by atoms with Crippen molar-refractivity contribution in [1.29, 1.82) is 0 Å². The zero-order chi connectivity index (χ0) is 14.8. The lowest BCUT2D eigenvalue weighted by Gasteiger charge is -2.24. The van der Waals surface area contributed by atoms with Crippen LogP contribution in [0.2, 0.25) is 0 Å². The van der Waals surface area contributed by atoms with Crippen LogP contribution in [-0.2, 0) is 4.74 Å². The minimum atomic E-state index is 0.0986. The van der Waals surface area contributed by atoms with E-state index >= 15 is 0 Å². The highest BCUT2D eigenvalue weighted by atomic mass is 16.5. The lowest BCUT2D eigenvalue weighted by Crippen LogP contribution is -2.15. The predicted molar refractivity (Wildman–Crippen MR) is 83.3 cm³/mol. The summed E-state index contributed by atoms with van der Waals surface area (Å²) in [6.07, 6.45) is 5.84. The van der Waals surface area contributed by atoms with Crippen molar-refractivity contribution in [1.82, 2.24) is 0 Å². The third kappa shape index (κ3) is 6.20. The third-order valence-electron chi connectivity index (χ3n) is 3.70. The molecule has 0 unspecified atom stereocenters. The van der Waals surface area contributed by atoms with Crippen LogP contribution in [0.15, 0.2) is 24.3 Å². The summed E-state index contributed by atoms with van der Waals surface area (Å²) in [5.41, 5.74) is 0.909. The Morgan fingerprint density at radius 1 is 1.19 bits per heavy atom. The van der Waals surface area contributed by atoms with Gasteiger partial charge in [-0.1, -0.05) is 37.2 Å². The molecule has 1 N–H and O–H groups in total. The van der Waals surface area contributed by atoms with Gasteiger partial charge in [-0.05, 0) is 30.5 Å². The van der Waals surface area contributed by atoms with Crippen molar-refractivity contribution in [3.05, 3.63) is 29.8 Å². The van der Waals surface area contributed by atoms with Gasteiger partial charge in [0.15, 0.2) is 0 Å². The quantitative estimate of drug-likeness (QED) is 0.590. The number of benzene rings is 1. The molecule has 114 valence electrons. The number of ether oxygens (including phenoxy) is 2. The molecule has 3 heteroatoms. The van der Waals surface area contributed by atoms with Gasteiger partial charge in [0.05, 0.1) is 13.2 Å². The highest BCUT2D eigenvalue weighted by Crippen LogP contribution is 2.29. The second-order valence-electron chi connectivity index (χ2n) is 5.35. The maximum absolute atomic E-state index is 8.70. The SMILES string of the molecule is OCCC#Cc1cccc(OCCOCCC2CCC2)c1. The second kappa shape index (κ2) is 9.44. The molecule has 0 heterocycles. The van der Waals surface area contributed by atoms with Crippen LogP contribution in [0.25, 0.3) is 0 Å². The van der Waals surface area contributed by atoms with E-state index < -0.39 is 0 Å². The van der Waals surface area contributed by atoms with E-state index in [4.69, 9.17) is 14.6 Å². The van der Waals surface area contributed by atoms with Gasteiger partial charge in [-0.2, -0.15) is 0 Å². The average molecular weight is 288 g/mol. The smallest absolute Gasteiger partial charge is 0.120 e. The van der Waals surface area contributed by atoms with Crippen LogP contribution in [0.5, 0.6) is 5.75 Å². The number of aliphatic hydroxyl groups excluding tert-OH is 1. The summed E-state index contributed by atoms with van der Waals surface area (Å²) in [7, 11) is 0. The lowest BCUT2D eigenvalue weighted by atomic mass is 9.83. The molecule has 1 aromatic rings. The van der Waals surface area contributed by atoms with Gasteiger partial charge in [0, 0.05) is 18.6 Å². The summed E-state index contributed by atoms with van der Waals surface area (Å²) in [4.78, 5) is 0. The van der Waals surface area contributed by atoms with Crippen molar-refractivity contribution < 1.29 is 14.6 Å². The van der Waals surface area contributed by atoms with E-state index in [-0.39, 0.29) is 6.61 Å². The molecule has 1 aliphatic rings. The fourth-order valence-electron chi connectivity index (χ4n) is 2.24. The van der Waals surface area contributed by atoms with Crippen LogP contribution in [0.3, 0.4) is 0 Å². The van der Waals surface area contributed by atoms with Gasteiger partial charge in [-0.15, -0.1) is 0 Å². The Morgan fingerprint density at radius 2 is 2.10 bits per heavy atom. The van der Waals surface area contributed by atoms with E-state index in [9.17, 15) is 0 Å². The number of hydrogen-bond donors (Lipinski definition) is 1. The molecule has 1 saturated carbocycles. The largest absolute Gasteiger partial charge is 0.491 e. The Kier molecular flexibility index (Phi) is 7.14. The predicted octanol–water partition coefficient (Wildman–Crippen LogP) is 3.01. The lowest BCUT2D eigenvalue weighted by molar-refractivity contribution is 0.0812. The van der Waals surface area contributed by atoms with E-state index in [1.165, 1.54) is 25.7 Å². The second-order valence-corrected chi connectivity index (χ2v) is 5.35. The van der Waals surface area contributed by atoms with E-state index in [2.05, 4.69) is 11.8 Å². The first-order valence-corrected chi connectivity index (χ1v) is 7.79. The average Bonchev–Trinajstić information content (AvgIpc) is 2.45. The fraction of sp³-hybridized carbons (Fsp3) is 0.556. The van der Waals surface area contributed by atoms with Crippen LogP contribution in [0, 0.1) is 17.8 Å². The topological polar surface area (TPSA) is 38.7 Å². The number of rotatable bonds is 8. The summed E-state index contributed by atoms with van der Waals surface area (Å²) in [5, 5.41) is 8.70. The summed E-state index contributed by atoms with van der Waals surface area (Å²) in [6, 6.07) is 7.70. The van der Waals surface area contributed by atoms with E-state index in [0.717, 1.165) is 23.8 Å². The molecule has 1 aliphatic carbocycles. The zero-order valence-corrected chi connectivity index (χ0v) is 12.5. The van der Waals surface area contributed by atoms with Crippen molar-refractivity contribution in [2.24, 2.45) is 5.92 Å². The third-order valence-corrected chi connectivity index (χ3v) is 3.70. The molecule has 0 aliphatic heterocycles. The van der Waals surface area contributed by atoms with Gasteiger partial charge in [0.25, 0.3) is 0 Å². The Hall–Kier alpha value is -1.50. The van der Waals surface area contributed by atoms with Crippen LogP contribution in [0.4, 0.5) is 0 Å². The van der Waals surface area contributed by atoms with Crippen LogP contribution in [-0.4, -0.2) is 31.5 Å². The minimum Gasteiger partial charge on any atom is -0.491 e. The first kappa shape index (κ1) is 15.9. The van der Waals surface area contributed by atoms with Gasteiger partial charge in [-0.3, -0.25) is 0 Å². The van der Waals surface area contributed by atoms with Gasteiger partial charge < -0.3 is 14.6 Å². The Balaban J connectivity index is 1.61. The summed E-state index contributed by atoms with van der Waals surface area (Å²) in [6.45, 7) is 2.15. The summed E-state index contributed by atoms with van der Waals surface area (Å²) >= 11 is 0. The first-order chi connectivity index (χ1) is 10.4. The highest BCUT2D eigenvalue weighted by Gasteiger charge is 2.16. The van der Waals surface area contributed by atoms with Gasteiger partial charge >= 0.3 is 0 Å². The molecular formula is C18H24O3. The summed E-state index contributed by atoms with van der Waals surface area (Å²) < 4.78 is 11.2. The fourth-order valence-corrected chi connectivity index (χ4v) is 2.24. The van der Waals surface area contributed by atoms with Crippen molar-refractivity contribution in [2.75, 3.05) is 26.4 Å². The molecule has 21 heavy (non-hydrogen) atoms. The van der Waals surface area contributed by atoms with E-state index in [1.807, 2.05) is 24.3 Å². The maximum atomic E-state index is 8.70. The molecule has 1 fully saturated rings. The van der Waals surface area contributed by atoms with Gasteiger partial charge in [0.2, 0.25) is 0 Å². The Morgan fingerprint density at radius 3 is 2.86 bits per heavy atom.